The first kappa shape index (κ1) is 10.2. The fourth-order valence-corrected chi connectivity index (χ4v) is 3.36. The second-order valence-electron chi connectivity index (χ2n) is 4.20. The third kappa shape index (κ3) is 1.18. The molecule has 1 saturated carbocycles. The standard InChI is InChI=1S/C11H9BrF2N2/c12-3-4-7-8(4)11(15)16-10-6(14)2-1-5(13)9(7)10/h1-2,4,7-8H,3H2,(H2,15,16). The van der Waals surface area contributed by atoms with Crippen molar-refractivity contribution in [3.05, 3.63) is 29.3 Å². The zero-order valence-corrected chi connectivity index (χ0v) is 9.84. The molecular formula is C11H9BrF2N2. The molecule has 3 rings (SSSR count). The van der Waals surface area contributed by atoms with Crippen molar-refractivity contribution >= 4 is 27.5 Å². The Morgan fingerprint density at radius 1 is 1.25 bits per heavy atom. The molecule has 1 aromatic rings. The van der Waals surface area contributed by atoms with E-state index in [1.807, 2.05) is 0 Å². The summed E-state index contributed by atoms with van der Waals surface area (Å²) in [5.41, 5.74) is 6.24. The molecule has 3 atom stereocenters. The van der Waals surface area contributed by atoms with E-state index >= 15 is 0 Å². The van der Waals surface area contributed by atoms with E-state index in [1.54, 1.807) is 0 Å². The van der Waals surface area contributed by atoms with E-state index in [4.69, 9.17) is 5.73 Å². The summed E-state index contributed by atoms with van der Waals surface area (Å²) in [4.78, 5) is 3.99. The predicted octanol–water partition coefficient (Wildman–Crippen LogP) is 2.69. The van der Waals surface area contributed by atoms with Crippen molar-refractivity contribution in [1.82, 2.24) is 0 Å². The molecule has 1 fully saturated rings. The first-order chi connectivity index (χ1) is 7.65. The van der Waals surface area contributed by atoms with Gasteiger partial charge in [-0.1, -0.05) is 15.9 Å². The lowest BCUT2D eigenvalue weighted by Crippen LogP contribution is -2.18. The molecule has 0 bridgehead atoms. The number of hydrogen-bond acceptors (Lipinski definition) is 2. The van der Waals surface area contributed by atoms with Gasteiger partial charge in [0.05, 0.1) is 0 Å². The van der Waals surface area contributed by atoms with Crippen molar-refractivity contribution in [1.29, 1.82) is 0 Å². The van der Waals surface area contributed by atoms with Crippen LogP contribution in [0.1, 0.15) is 11.5 Å². The number of benzene rings is 1. The van der Waals surface area contributed by atoms with Crippen LogP contribution >= 0.6 is 15.9 Å². The smallest absolute Gasteiger partial charge is 0.149 e. The molecule has 0 amide bonds. The first-order valence-electron chi connectivity index (χ1n) is 5.03. The predicted molar refractivity (Wildman–Crippen MR) is 61.2 cm³/mol. The van der Waals surface area contributed by atoms with E-state index in [-0.39, 0.29) is 29.3 Å². The zero-order chi connectivity index (χ0) is 11.4. The number of alkyl halides is 1. The van der Waals surface area contributed by atoms with Crippen LogP contribution in [0.3, 0.4) is 0 Å². The quantitative estimate of drug-likeness (QED) is 0.792. The number of nitrogens with zero attached hydrogens (tertiary/aromatic N) is 1. The van der Waals surface area contributed by atoms with E-state index in [0.717, 1.165) is 17.5 Å². The number of hydrogen-bond donors (Lipinski definition) is 1. The van der Waals surface area contributed by atoms with Crippen molar-refractivity contribution in [2.45, 2.75) is 5.92 Å². The van der Waals surface area contributed by atoms with Crippen molar-refractivity contribution in [3.63, 3.8) is 0 Å². The SMILES string of the molecule is NC1=Nc2c(F)ccc(F)c2C2C(CBr)C12. The molecule has 5 heteroatoms. The van der Waals surface area contributed by atoms with Crippen LogP contribution in [-0.4, -0.2) is 11.2 Å². The van der Waals surface area contributed by atoms with Crippen LogP contribution < -0.4 is 5.73 Å². The van der Waals surface area contributed by atoms with E-state index in [9.17, 15) is 8.78 Å². The van der Waals surface area contributed by atoms with Gasteiger partial charge in [-0.15, -0.1) is 0 Å². The van der Waals surface area contributed by atoms with Crippen LogP contribution in [0.25, 0.3) is 0 Å². The molecule has 0 spiro atoms. The molecule has 1 aromatic carbocycles. The van der Waals surface area contributed by atoms with Gasteiger partial charge in [0.2, 0.25) is 0 Å². The summed E-state index contributed by atoms with van der Waals surface area (Å²) in [6.45, 7) is 0. The van der Waals surface area contributed by atoms with Gasteiger partial charge < -0.3 is 5.73 Å². The number of fused-ring (bicyclic) bond motifs is 3. The summed E-state index contributed by atoms with van der Waals surface area (Å²) in [7, 11) is 0. The molecular weight excluding hydrogens is 278 g/mol. The van der Waals surface area contributed by atoms with Crippen molar-refractivity contribution < 1.29 is 8.78 Å². The molecule has 0 aromatic heterocycles. The lowest BCUT2D eigenvalue weighted by atomic mass is 10.0. The minimum absolute atomic E-state index is 0.0115. The Morgan fingerprint density at radius 2 is 1.94 bits per heavy atom. The lowest BCUT2D eigenvalue weighted by molar-refractivity contribution is 0.583. The monoisotopic (exact) mass is 286 g/mol. The Bertz CT molecular complexity index is 501. The number of aliphatic imine (C=N–C) groups is 1. The molecule has 3 unspecified atom stereocenters. The molecule has 0 radical (unpaired) electrons. The van der Waals surface area contributed by atoms with E-state index in [1.165, 1.54) is 0 Å². The van der Waals surface area contributed by atoms with E-state index in [2.05, 4.69) is 20.9 Å². The Morgan fingerprint density at radius 3 is 2.62 bits per heavy atom. The summed E-state index contributed by atoms with van der Waals surface area (Å²) in [6.07, 6.45) is 0. The van der Waals surface area contributed by atoms with Gasteiger partial charge in [0.15, 0.2) is 0 Å². The summed E-state index contributed by atoms with van der Waals surface area (Å²) in [5, 5.41) is 0.730. The Balaban J connectivity index is 2.21. The number of amidine groups is 1. The second kappa shape index (κ2) is 3.26. The van der Waals surface area contributed by atoms with Gasteiger partial charge in [-0.2, -0.15) is 0 Å². The lowest BCUT2D eigenvalue weighted by Gasteiger charge is -2.13. The van der Waals surface area contributed by atoms with Gasteiger partial charge in [-0.25, -0.2) is 13.8 Å². The Kier molecular flexibility index (Phi) is 2.08. The highest BCUT2D eigenvalue weighted by Crippen LogP contribution is 2.60. The van der Waals surface area contributed by atoms with Gasteiger partial charge in [0.1, 0.15) is 23.2 Å². The first-order valence-corrected chi connectivity index (χ1v) is 6.15. The van der Waals surface area contributed by atoms with Crippen LogP contribution in [0.5, 0.6) is 0 Å². The molecule has 1 aliphatic carbocycles. The Labute approximate surface area is 99.7 Å². The van der Waals surface area contributed by atoms with Crippen molar-refractivity contribution in [3.8, 4) is 0 Å². The minimum atomic E-state index is -0.502. The van der Waals surface area contributed by atoms with Gasteiger partial charge in [0, 0.05) is 22.7 Å². The summed E-state index contributed by atoms with van der Waals surface area (Å²) >= 11 is 3.36. The summed E-state index contributed by atoms with van der Waals surface area (Å²) < 4.78 is 27.2. The molecule has 0 saturated heterocycles. The second-order valence-corrected chi connectivity index (χ2v) is 4.85. The summed E-state index contributed by atoms with van der Waals surface area (Å²) in [5.74, 6) is -0.164. The van der Waals surface area contributed by atoms with Gasteiger partial charge >= 0.3 is 0 Å². The van der Waals surface area contributed by atoms with E-state index < -0.39 is 5.82 Å². The third-order valence-electron chi connectivity index (χ3n) is 3.38. The molecule has 16 heavy (non-hydrogen) atoms. The average Bonchev–Trinajstić information content (AvgIpc) is 2.98. The highest BCUT2D eigenvalue weighted by atomic mass is 79.9. The highest BCUT2D eigenvalue weighted by molar-refractivity contribution is 9.09. The molecule has 2 N–H and O–H groups in total. The number of rotatable bonds is 1. The average molecular weight is 287 g/mol. The summed E-state index contributed by atoms with van der Waals surface area (Å²) in [6, 6.07) is 2.25. The molecule has 2 aliphatic rings. The van der Waals surface area contributed by atoms with Crippen LogP contribution in [0.4, 0.5) is 14.5 Å². The highest BCUT2D eigenvalue weighted by Gasteiger charge is 2.56. The van der Waals surface area contributed by atoms with Gasteiger partial charge in [0.25, 0.3) is 0 Å². The van der Waals surface area contributed by atoms with Crippen LogP contribution in [0.2, 0.25) is 0 Å². The van der Waals surface area contributed by atoms with E-state index in [0.29, 0.717) is 11.4 Å². The Hall–Kier alpha value is -0.970. The zero-order valence-electron chi connectivity index (χ0n) is 8.25. The topological polar surface area (TPSA) is 38.4 Å². The molecule has 84 valence electrons. The van der Waals surface area contributed by atoms with Crippen molar-refractivity contribution in [2.75, 3.05) is 5.33 Å². The molecule has 2 nitrogen and oxygen atoms in total. The maximum Gasteiger partial charge on any atom is 0.149 e. The molecule has 1 heterocycles. The normalized spacial score (nSPS) is 30.4. The van der Waals surface area contributed by atoms with Crippen molar-refractivity contribution in [2.24, 2.45) is 22.6 Å². The number of nitrogens with two attached hydrogens (primary N) is 1. The largest absolute Gasteiger partial charge is 0.387 e. The number of halogens is 3. The fraction of sp³-hybridized carbons (Fsp3) is 0.364. The maximum atomic E-state index is 13.7. The van der Waals surface area contributed by atoms with Crippen LogP contribution in [-0.2, 0) is 0 Å². The minimum Gasteiger partial charge on any atom is -0.387 e. The third-order valence-corrected chi connectivity index (χ3v) is 4.12. The molecule has 1 aliphatic heterocycles. The van der Waals surface area contributed by atoms with Crippen LogP contribution in [0, 0.1) is 23.5 Å². The van der Waals surface area contributed by atoms with Gasteiger partial charge in [-0.3, -0.25) is 0 Å². The fourth-order valence-electron chi connectivity index (χ4n) is 2.55. The van der Waals surface area contributed by atoms with Crippen LogP contribution in [0.15, 0.2) is 17.1 Å². The maximum absolute atomic E-state index is 13.7. The van der Waals surface area contributed by atoms with Gasteiger partial charge in [-0.05, 0) is 18.1 Å².